The van der Waals surface area contributed by atoms with Crippen LogP contribution in [0.4, 0.5) is 0 Å². The highest BCUT2D eigenvalue weighted by molar-refractivity contribution is 8.19. The molecule has 3 nitrogen and oxygen atoms in total. The number of aliphatic hydroxyl groups excluding tert-OH is 1. The van der Waals surface area contributed by atoms with Gasteiger partial charge < -0.3 is 9.84 Å². The Labute approximate surface area is 67.5 Å². The van der Waals surface area contributed by atoms with Gasteiger partial charge in [-0.05, 0) is 0 Å². The summed E-state index contributed by atoms with van der Waals surface area (Å²) in [4.78, 5) is 10.4. The number of aliphatic hydroxyl groups is 1. The number of carbonyl (C=O) groups excluding carboxylic acids is 1. The Bertz CT molecular complexity index is 139. The van der Waals surface area contributed by atoms with Crippen LogP contribution in [0.25, 0.3) is 0 Å². The Kier molecular flexibility index (Phi) is 2.88. The fraction of sp³-hybridized carbons (Fsp3) is 0.800. The Morgan fingerprint density at radius 1 is 1.70 bits per heavy atom. The van der Waals surface area contributed by atoms with Gasteiger partial charge >= 0.3 is 5.97 Å². The lowest BCUT2D eigenvalue weighted by atomic mass is 10.7. The van der Waals surface area contributed by atoms with E-state index in [9.17, 15) is 4.79 Å². The van der Waals surface area contributed by atoms with Crippen LogP contribution in [-0.4, -0.2) is 27.0 Å². The molecule has 2 atom stereocenters. The monoisotopic (exact) mass is 180 g/mol. The van der Waals surface area contributed by atoms with Gasteiger partial charge in [0.1, 0.15) is 5.44 Å². The van der Waals surface area contributed by atoms with Gasteiger partial charge in [0.05, 0.1) is 0 Å². The highest BCUT2D eigenvalue weighted by atomic mass is 32.2. The second-order valence-corrected chi connectivity index (χ2v) is 4.38. The lowest BCUT2D eigenvalue weighted by molar-refractivity contribution is -0.144. The molecule has 0 radical (unpaired) electrons. The van der Waals surface area contributed by atoms with Crippen LogP contribution in [0.1, 0.15) is 6.92 Å². The van der Waals surface area contributed by atoms with Crippen molar-refractivity contribution in [3.8, 4) is 0 Å². The van der Waals surface area contributed by atoms with Crippen LogP contribution in [-0.2, 0) is 9.53 Å². The number of esters is 1. The summed E-state index contributed by atoms with van der Waals surface area (Å²) in [5.74, 6) is -0.334. The molecule has 10 heavy (non-hydrogen) atoms. The van der Waals surface area contributed by atoms with Crippen molar-refractivity contribution in [3.05, 3.63) is 0 Å². The Morgan fingerprint density at radius 3 is 2.80 bits per heavy atom. The number of carbonyl (C=O) groups is 1. The molecule has 58 valence electrons. The lowest BCUT2D eigenvalue weighted by Crippen LogP contribution is -2.20. The second kappa shape index (κ2) is 3.50. The van der Waals surface area contributed by atoms with Gasteiger partial charge in [0.15, 0.2) is 5.44 Å². The van der Waals surface area contributed by atoms with Crippen molar-refractivity contribution >= 4 is 29.5 Å². The highest BCUT2D eigenvalue weighted by Crippen LogP contribution is 2.35. The first-order valence-electron chi connectivity index (χ1n) is 2.78. The molecule has 1 N–H and O–H groups in total. The van der Waals surface area contributed by atoms with E-state index in [-0.39, 0.29) is 11.4 Å². The van der Waals surface area contributed by atoms with Gasteiger partial charge in [0.2, 0.25) is 0 Å². The largest absolute Gasteiger partial charge is 0.448 e. The van der Waals surface area contributed by atoms with E-state index in [1.165, 1.54) is 30.4 Å². The van der Waals surface area contributed by atoms with E-state index < -0.39 is 5.44 Å². The van der Waals surface area contributed by atoms with Gasteiger partial charge in [-0.1, -0.05) is 0 Å². The molecule has 0 bridgehead atoms. The number of rotatable bonds is 1. The summed E-state index contributed by atoms with van der Waals surface area (Å²) >= 11 is 2.84. The van der Waals surface area contributed by atoms with Crippen molar-refractivity contribution < 1.29 is 14.6 Å². The topological polar surface area (TPSA) is 46.5 Å². The van der Waals surface area contributed by atoms with E-state index in [0.717, 1.165) is 5.08 Å². The fourth-order valence-electron chi connectivity index (χ4n) is 0.593. The Hall–Kier alpha value is 0.130. The molecule has 2 unspecified atom stereocenters. The predicted molar refractivity (Wildman–Crippen MR) is 41.6 cm³/mol. The average Bonchev–Trinajstić information content (AvgIpc) is 2.15. The first kappa shape index (κ1) is 8.23. The highest BCUT2D eigenvalue weighted by Gasteiger charge is 2.28. The van der Waals surface area contributed by atoms with Crippen LogP contribution < -0.4 is 0 Å². The molecule has 0 aromatic carbocycles. The number of thioether (sulfide) groups is 2. The van der Waals surface area contributed by atoms with Crippen LogP contribution in [0.5, 0.6) is 0 Å². The van der Waals surface area contributed by atoms with Crippen molar-refractivity contribution in [2.75, 3.05) is 5.08 Å². The first-order valence-corrected chi connectivity index (χ1v) is 4.88. The van der Waals surface area contributed by atoms with Crippen LogP contribution >= 0.6 is 23.5 Å². The maximum Gasteiger partial charge on any atom is 0.303 e. The predicted octanol–water partition coefficient (Wildman–Crippen LogP) is 0.631. The average molecular weight is 180 g/mol. The van der Waals surface area contributed by atoms with Crippen molar-refractivity contribution in [2.45, 2.75) is 17.8 Å². The zero-order chi connectivity index (χ0) is 7.56. The van der Waals surface area contributed by atoms with Crippen molar-refractivity contribution in [3.63, 3.8) is 0 Å². The van der Waals surface area contributed by atoms with E-state index in [0.29, 0.717) is 0 Å². The van der Waals surface area contributed by atoms with Gasteiger partial charge in [0.25, 0.3) is 0 Å². The van der Waals surface area contributed by atoms with Crippen LogP contribution in [0.15, 0.2) is 0 Å². The maximum absolute atomic E-state index is 10.4. The molecule has 0 aromatic heterocycles. The molecule has 1 rings (SSSR count). The molecule has 0 aliphatic carbocycles. The quantitative estimate of drug-likeness (QED) is 0.600. The minimum absolute atomic E-state index is 0.334. The minimum Gasteiger partial charge on any atom is -0.448 e. The van der Waals surface area contributed by atoms with Crippen molar-refractivity contribution in [2.24, 2.45) is 0 Å². The van der Waals surface area contributed by atoms with E-state index in [1.807, 2.05) is 0 Å². The third-order valence-electron chi connectivity index (χ3n) is 0.986. The third kappa shape index (κ3) is 2.07. The smallest absolute Gasteiger partial charge is 0.303 e. The van der Waals surface area contributed by atoms with Gasteiger partial charge in [0, 0.05) is 12.0 Å². The van der Waals surface area contributed by atoms with E-state index in [1.54, 1.807) is 0 Å². The molecule has 1 heterocycles. The molecule has 5 heteroatoms. The summed E-state index contributed by atoms with van der Waals surface area (Å²) in [6.07, 6.45) is 0. The van der Waals surface area contributed by atoms with E-state index in [2.05, 4.69) is 0 Å². The third-order valence-corrected chi connectivity index (χ3v) is 3.52. The van der Waals surface area contributed by atoms with Gasteiger partial charge in [-0.3, -0.25) is 4.79 Å². The molecule has 0 spiro atoms. The van der Waals surface area contributed by atoms with Crippen LogP contribution in [0.3, 0.4) is 0 Å². The molecular formula is C5H8O3S2. The summed E-state index contributed by atoms with van der Waals surface area (Å²) < 4.78 is 4.78. The lowest BCUT2D eigenvalue weighted by Gasteiger charge is -2.11. The molecule has 0 aromatic rings. The van der Waals surface area contributed by atoms with Crippen LogP contribution in [0.2, 0.25) is 0 Å². The summed E-state index contributed by atoms with van der Waals surface area (Å²) in [6.45, 7) is 1.34. The number of hydrogen-bond donors (Lipinski definition) is 1. The van der Waals surface area contributed by atoms with Crippen molar-refractivity contribution in [1.29, 1.82) is 0 Å². The molecular weight excluding hydrogens is 172 g/mol. The summed E-state index contributed by atoms with van der Waals surface area (Å²) in [6, 6.07) is 0. The Morgan fingerprint density at radius 2 is 2.40 bits per heavy atom. The van der Waals surface area contributed by atoms with Gasteiger partial charge in [-0.25, -0.2) is 0 Å². The zero-order valence-electron chi connectivity index (χ0n) is 5.44. The van der Waals surface area contributed by atoms with Crippen LogP contribution in [0, 0.1) is 0 Å². The molecule has 1 aliphatic heterocycles. The van der Waals surface area contributed by atoms with Gasteiger partial charge in [-0.2, -0.15) is 0 Å². The molecule has 0 amide bonds. The van der Waals surface area contributed by atoms with E-state index in [4.69, 9.17) is 9.84 Å². The molecule has 1 aliphatic rings. The first-order chi connectivity index (χ1) is 4.70. The second-order valence-electron chi connectivity index (χ2n) is 1.82. The number of ether oxygens (including phenoxy) is 1. The number of hydrogen-bond acceptors (Lipinski definition) is 5. The molecule has 1 fully saturated rings. The van der Waals surface area contributed by atoms with Crippen molar-refractivity contribution in [1.82, 2.24) is 0 Å². The zero-order valence-corrected chi connectivity index (χ0v) is 7.08. The summed E-state index contributed by atoms with van der Waals surface area (Å²) in [5.41, 5.74) is -0.906. The summed E-state index contributed by atoms with van der Waals surface area (Å²) in [7, 11) is 0. The SMILES string of the molecule is CC(=O)OC1SCSC1O. The molecule has 0 saturated carbocycles. The normalized spacial score (nSPS) is 32.2. The fourth-order valence-corrected chi connectivity index (χ4v) is 3.05. The van der Waals surface area contributed by atoms with Gasteiger partial charge in [-0.15, -0.1) is 23.5 Å². The summed E-state index contributed by atoms with van der Waals surface area (Å²) in [5, 5.41) is 9.89. The molecule has 1 saturated heterocycles. The van der Waals surface area contributed by atoms with E-state index >= 15 is 0 Å². The Balaban J connectivity index is 2.33. The minimum atomic E-state index is -0.547. The maximum atomic E-state index is 10.4. The standard InChI is InChI=1S/C5H8O3S2/c1-3(6)8-5-4(7)9-2-10-5/h4-5,7H,2H2,1H3.